The molecule has 1 aromatic carbocycles. The molecule has 0 saturated carbocycles. The van der Waals surface area contributed by atoms with Crippen molar-refractivity contribution in [1.82, 2.24) is 14.8 Å². The second kappa shape index (κ2) is 7.70. The minimum absolute atomic E-state index is 0.112. The number of hydrogen-bond acceptors (Lipinski definition) is 5. The molecule has 0 unspecified atom stereocenters. The third kappa shape index (κ3) is 3.72. The molecule has 1 aliphatic heterocycles. The zero-order valence-corrected chi connectivity index (χ0v) is 16.4. The summed E-state index contributed by atoms with van der Waals surface area (Å²) >= 11 is 3.15. The van der Waals surface area contributed by atoms with Crippen LogP contribution in [0.15, 0.2) is 48.0 Å². The van der Waals surface area contributed by atoms with Crippen molar-refractivity contribution < 1.29 is 4.79 Å². The summed E-state index contributed by atoms with van der Waals surface area (Å²) in [7, 11) is 0. The number of aryl methyl sites for hydroxylation is 1. The summed E-state index contributed by atoms with van der Waals surface area (Å²) in [6.07, 6.45) is 1.72. The first-order chi connectivity index (χ1) is 12.7. The summed E-state index contributed by atoms with van der Waals surface area (Å²) in [6.45, 7) is 6.49. The van der Waals surface area contributed by atoms with E-state index in [2.05, 4.69) is 41.1 Å². The van der Waals surface area contributed by atoms with Crippen molar-refractivity contribution >= 4 is 28.6 Å². The molecule has 134 valence electrons. The number of carbonyl (C=O) groups excluding carboxylic acids is 1. The van der Waals surface area contributed by atoms with E-state index in [1.54, 1.807) is 17.5 Å². The van der Waals surface area contributed by atoms with Crippen molar-refractivity contribution in [3.63, 3.8) is 0 Å². The quantitative estimate of drug-likeness (QED) is 0.679. The number of amides is 1. The first kappa shape index (κ1) is 17.4. The van der Waals surface area contributed by atoms with Gasteiger partial charge in [0, 0.05) is 32.7 Å². The molecular formula is C20H21N3OS2. The van der Waals surface area contributed by atoms with Gasteiger partial charge in [-0.1, -0.05) is 30.3 Å². The molecule has 1 fully saturated rings. The number of aromatic nitrogens is 1. The van der Waals surface area contributed by atoms with Gasteiger partial charge in [-0.2, -0.15) is 0 Å². The molecule has 0 N–H and O–H groups in total. The lowest BCUT2D eigenvalue weighted by atomic mass is 10.1. The Bertz CT molecular complexity index is 880. The van der Waals surface area contributed by atoms with Crippen molar-refractivity contribution in [2.24, 2.45) is 0 Å². The maximum atomic E-state index is 12.8. The Balaban J connectivity index is 1.36. The summed E-state index contributed by atoms with van der Waals surface area (Å²) in [5.74, 6) is 0.112. The number of benzene rings is 1. The van der Waals surface area contributed by atoms with E-state index in [1.165, 1.54) is 22.5 Å². The van der Waals surface area contributed by atoms with Crippen molar-refractivity contribution in [1.29, 1.82) is 0 Å². The standard InChI is InChI=1S/C20H21N3OS2/c1-15-5-2-3-6-16(15)14-22-8-10-23(11-9-22)20(24)18-13-21-19(26-18)17-7-4-12-25-17/h2-7,12-13H,8-11,14H2,1H3. The number of rotatable bonds is 4. The number of nitrogens with zero attached hydrogens (tertiary/aromatic N) is 3. The minimum atomic E-state index is 0.112. The number of thiazole rings is 1. The average molecular weight is 384 g/mol. The van der Waals surface area contributed by atoms with E-state index in [0.29, 0.717) is 0 Å². The molecule has 6 heteroatoms. The molecule has 2 aromatic heterocycles. The lowest BCUT2D eigenvalue weighted by Gasteiger charge is -2.34. The van der Waals surface area contributed by atoms with Crippen LogP contribution in [0.2, 0.25) is 0 Å². The molecule has 0 aliphatic carbocycles. The zero-order valence-electron chi connectivity index (χ0n) is 14.7. The van der Waals surface area contributed by atoms with Crippen LogP contribution in [-0.4, -0.2) is 46.9 Å². The maximum absolute atomic E-state index is 12.8. The minimum Gasteiger partial charge on any atom is -0.335 e. The Labute approximate surface area is 161 Å². The SMILES string of the molecule is Cc1ccccc1CN1CCN(C(=O)c2cnc(-c3cccs3)s2)CC1. The highest BCUT2D eigenvalue weighted by Gasteiger charge is 2.24. The zero-order chi connectivity index (χ0) is 17.9. The first-order valence-electron chi connectivity index (χ1n) is 8.76. The van der Waals surface area contributed by atoms with Gasteiger partial charge >= 0.3 is 0 Å². The fraction of sp³-hybridized carbons (Fsp3) is 0.300. The molecule has 1 saturated heterocycles. The molecule has 4 rings (SSSR count). The predicted octanol–water partition coefficient (Wildman–Crippen LogP) is 4.14. The highest BCUT2D eigenvalue weighted by molar-refractivity contribution is 7.21. The van der Waals surface area contributed by atoms with E-state index in [4.69, 9.17) is 0 Å². The Kier molecular flexibility index (Phi) is 5.15. The smallest absolute Gasteiger partial charge is 0.265 e. The lowest BCUT2D eigenvalue weighted by Crippen LogP contribution is -2.48. The topological polar surface area (TPSA) is 36.4 Å². The molecule has 1 aliphatic rings. The fourth-order valence-electron chi connectivity index (χ4n) is 3.18. The van der Waals surface area contributed by atoms with Gasteiger partial charge in [0.25, 0.3) is 5.91 Å². The van der Waals surface area contributed by atoms with Crippen LogP contribution < -0.4 is 0 Å². The van der Waals surface area contributed by atoms with Crippen LogP contribution in [0.4, 0.5) is 0 Å². The number of thiophene rings is 1. The van der Waals surface area contributed by atoms with Crippen LogP contribution in [0.25, 0.3) is 9.88 Å². The molecule has 1 amide bonds. The second-order valence-corrected chi connectivity index (χ2v) is 8.48. The van der Waals surface area contributed by atoms with Crippen molar-refractivity contribution in [3.05, 3.63) is 64.0 Å². The average Bonchev–Trinajstić information content (AvgIpc) is 3.35. The van der Waals surface area contributed by atoms with Gasteiger partial charge in [0.2, 0.25) is 0 Å². The highest BCUT2D eigenvalue weighted by Crippen LogP contribution is 2.29. The molecule has 0 atom stereocenters. The van der Waals surface area contributed by atoms with Gasteiger partial charge in [-0.3, -0.25) is 9.69 Å². The molecule has 26 heavy (non-hydrogen) atoms. The molecule has 0 radical (unpaired) electrons. The van der Waals surface area contributed by atoms with Crippen LogP contribution in [-0.2, 0) is 6.54 Å². The normalized spacial score (nSPS) is 15.3. The van der Waals surface area contributed by atoms with Gasteiger partial charge in [-0.25, -0.2) is 4.98 Å². The summed E-state index contributed by atoms with van der Waals surface area (Å²) in [5.41, 5.74) is 2.70. The molecule has 3 heterocycles. The summed E-state index contributed by atoms with van der Waals surface area (Å²) in [5, 5.41) is 2.97. The number of hydrogen-bond donors (Lipinski definition) is 0. The number of carbonyl (C=O) groups is 1. The Morgan fingerprint density at radius 3 is 2.65 bits per heavy atom. The molecule has 0 spiro atoms. The van der Waals surface area contributed by atoms with Gasteiger partial charge in [0.1, 0.15) is 9.88 Å². The van der Waals surface area contributed by atoms with E-state index in [1.807, 2.05) is 22.4 Å². The molecule has 3 aromatic rings. The number of piperazine rings is 1. The van der Waals surface area contributed by atoms with Crippen LogP contribution >= 0.6 is 22.7 Å². The van der Waals surface area contributed by atoms with Gasteiger partial charge in [-0.05, 0) is 29.5 Å². The van der Waals surface area contributed by atoms with E-state index in [9.17, 15) is 4.79 Å². The third-order valence-electron chi connectivity index (χ3n) is 4.76. The second-order valence-electron chi connectivity index (χ2n) is 6.50. The van der Waals surface area contributed by atoms with Crippen LogP contribution in [0.3, 0.4) is 0 Å². The monoisotopic (exact) mass is 383 g/mol. The van der Waals surface area contributed by atoms with Gasteiger partial charge in [0.05, 0.1) is 11.1 Å². The van der Waals surface area contributed by atoms with E-state index >= 15 is 0 Å². The first-order valence-corrected chi connectivity index (χ1v) is 10.5. The van der Waals surface area contributed by atoms with Crippen LogP contribution in [0, 0.1) is 6.92 Å². The predicted molar refractivity (Wildman–Crippen MR) is 108 cm³/mol. The third-order valence-corrected chi connectivity index (χ3v) is 6.79. The van der Waals surface area contributed by atoms with Crippen molar-refractivity contribution in [2.45, 2.75) is 13.5 Å². The molecular weight excluding hydrogens is 362 g/mol. The Morgan fingerprint density at radius 1 is 1.12 bits per heavy atom. The lowest BCUT2D eigenvalue weighted by molar-refractivity contribution is 0.0632. The summed E-state index contributed by atoms with van der Waals surface area (Å²) in [4.78, 5) is 23.5. The van der Waals surface area contributed by atoms with E-state index in [-0.39, 0.29) is 5.91 Å². The van der Waals surface area contributed by atoms with Gasteiger partial charge in [-0.15, -0.1) is 22.7 Å². The van der Waals surface area contributed by atoms with E-state index in [0.717, 1.165) is 47.5 Å². The Hall–Kier alpha value is -2.02. The maximum Gasteiger partial charge on any atom is 0.265 e. The van der Waals surface area contributed by atoms with E-state index < -0.39 is 0 Å². The summed E-state index contributed by atoms with van der Waals surface area (Å²) in [6, 6.07) is 12.6. The molecule has 4 nitrogen and oxygen atoms in total. The fourth-order valence-corrected chi connectivity index (χ4v) is 4.87. The van der Waals surface area contributed by atoms with Gasteiger partial charge < -0.3 is 4.90 Å². The van der Waals surface area contributed by atoms with Crippen molar-refractivity contribution in [3.8, 4) is 9.88 Å². The highest BCUT2D eigenvalue weighted by atomic mass is 32.1. The van der Waals surface area contributed by atoms with Gasteiger partial charge in [0.15, 0.2) is 0 Å². The van der Waals surface area contributed by atoms with Crippen LogP contribution in [0.5, 0.6) is 0 Å². The summed E-state index contributed by atoms with van der Waals surface area (Å²) < 4.78 is 0. The van der Waals surface area contributed by atoms with Crippen LogP contribution in [0.1, 0.15) is 20.8 Å². The molecule has 0 bridgehead atoms. The Morgan fingerprint density at radius 2 is 1.92 bits per heavy atom. The van der Waals surface area contributed by atoms with Crippen molar-refractivity contribution in [2.75, 3.05) is 26.2 Å². The largest absolute Gasteiger partial charge is 0.335 e.